The van der Waals surface area contributed by atoms with Gasteiger partial charge in [-0.2, -0.15) is 8.78 Å². The number of nitrogens with zero attached hydrogens (tertiary/aromatic N) is 1. The van der Waals surface area contributed by atoms with Crippen molar-refractivity contribution < 1.29 is 13.5 Å². The van der Waals surface area contributed by atoms with Gasteiger partial charge in [-0.1, -0.05) is 29.8 Å². The molecule has 0 saturated heterocycles. The minimum atomic E-state index is -2.87. The van der Waals surface area contributed by atoms with Crippen molar-refractivity contribution in [3.05, 3.63) is 76.3 Å². The van der Waals surface area contributed by atoms with Gasteiger partial charge in [0.1, 0.15) is 11.6 Å². The average Bonchev–Trinajstić information content (AvgIpc) is 3.52. The highest BCUT2D eigenvalue weighted by Gasteiger charge is 2.21. The molecule has 2 aliphatic carbocycles. The normalized spacial score (nSPS) is 16.4. The Morgan fingerprint density at radius 1 is 1.12 bits per heavy atom. The molecule has 2 aromatic carbocycles. The predicted octanol–water partition coefficient (Wildman–Crippen LogP) is 7.61. The topological polar surface area (TPSA) is 37.9 Å². The number of benzene rings is 2. The van der Waals surface area contributed by atoms with Gasteiger partial charge >= 0.3 is 6.61 Å². The maximum absolute atomic E-state index is 12.8. The summed E-state index contributed by atoms with van der Waals surface area (Å²) in [5.74, 6) is 3.12. The first-order chi connectivity index (χ1) is 15.5. The first-order valence-electron chi connectivity index (χ1n) is 10.8. The van der Waals surface area contributed by atoms with Crippen molar-refractivity contribution in [3.63, 3.8) is 0 Å². The first-order valence-corrected chi connectivity index (χ1v) is 12.2. The van der Waals surface area contributed by atoms with Crippen molar-refractivity contribution in [2.75, 3.05) is 5.75 Å². The fourth-order valence-electron chi connectivity index (χ4n) is 3.87. The minimum Gasteiger partial charge on any atom is -0.435 e. The van der Waals surface area contributed by atoms with E-state index in [1.54, 1.807) is 12.1 Å². The van der Waals surface area contributed by atoms with Crippen LogP contribution in [0.5, 0.6) is 0 Å². The molecule has 5 rings (SSSR count). The van der Waals surface area contributed by atoms with Crippen LogP contribution in [0.1, 0.15) is 42.6 Å². The lowest BCUT2D eigenvalue weighted by molar-refractivity contribution is -0.0912. The van der Waals surface area contributed by atoms with Crippen molar-refractivity contribution in [2.24, 2.45) is 5.92 Å². The second-order valence-corrected chi connectivity index (χ2v) is 9.75. The van der Waals surface area contributed by atoms with Crippen LogP contribution in [0.25, 0.3) is 16.6 Å². The third kappa shape index (κ3) is 5.02. The summed E-state index contributed by atoms with van der Waals surface area (Å²) < 4.78 is 30.4. The molecule has 166 valence electrons. The van der Waals surface area contributed by atoms with E-state index >= 15 is 0 Å². The number of nitrogens with one attached hydrogen (secondary N) is 1. The van der Waals surface area contributed by atoms with Crippen LogP contribution in [-0.2, 0) is 11.2 Å². The molecule has 1 heterocycles. The van der Waals surface area contributed by atoms with Crippen molar-refractivity contribution in [1.82, 2.24) is 9.97 Å². The highest BCUT2D eigenvalue weighted by Crippen LogP contribution is 2.37. The van der Waals surface area contributed by atoms with Crippen LogP contribution in [0.4, 0.5) is 8.78 Å². The zero-order valence-corrected chi connectivity index (χ0v) is 19.0. The molecule has 2 aliphatic rings. The minimum absolute atomic E-state index is 0.169. The summed E-state index contributed by atoms with van der Waals surface area (Å²) in [6.45, 7) is -2.87. The van der Waals surface area contributed by atoms with Gasteiger partial charge in [-0.3, -0.25) is 0 Å². The van der Waals surface area contributed by atoms with Gasteiger partial charge in [0.05, 0.1) is 16.1 Å². The monoisotopic (exact) mass is 472 g/mol. The number of hydrogen-bond acceptors (Lipinski definition) is 3. The van der Waals surface area contributed by atoms with Gasteiger partial charge in [0.15, 0.2) is 0 Å². The van der Waals surface area contributed by atoms with Gasteiger partial charge in [0.25, 0.3) is 0 Å². The molecular weight excluding hydrogens is 450 g/mol. The lowest BCUT2D eigenvalue weighted by atomic mass is 9.97. The fourth-order valence-corrected chi connectivity index (χ4v) is 5.23. The molecule has 1 aromatic heterocycles. The number of hydrogen-bond donors (Lipinski definition) is 1. The zero-order chi connectivity index (χ0) is 22.1. The second-order valence-electron chi connectivity index (χ2n) is 8.25. The Hall–Kier alpha value is -2.31. The number of fused-ring (bicyclic) bond motifs is 1. The third-order valence-corrected chi connectivity index (χ3v) is 7.27. The molecule has 0 atom stereocenters. The molecule has 0 bridgehead atoms. The maximum Gasteiger partial charge on any atom is 0.387 e. The van der Waals surface area contributed by atoms with Crippen molar-refractivity contribution in [1.29, 1.82) is 0 Å². The summed E-state index contributed by atoms with van der Waals surface area (Å²) in [7, 11) is 0. The number of alkyl halides is 2. The van der Waals surface area contributed by atoms with Crippen LogP contribution in [-0.4, -0.2) is 22.3 Å². The molecular formula is C25H23ClF2N2OS. The average molecular weight is 473 g/mol. The SMILES string of the molecule is FC(F)OC1=CCCC=C1c1cc2nc(Cc3ccc(SCC4CC4)cc3)[nH]c2cc1Cl. The molecule has 1 saturated carbocycles. The lowest BCUT2D eigenvalue weighted by Gasteiger charge is -2.18. The molecule has 1 N–H and O–H groups in total. The molecule has 32 heavy (non-hydrogen) atoms. The number of halogens is 3. The van der Waals surface area contributed by atoms with E-state index in [0.717, 1.165) is 29.2 Å². The van der Waals surface area contributed by atoms with E-state index in [0.29, 0.717) is 29.0 Å². The van der Waals surface area contributed by atoms with Crippen LogP contribution >= 0.6 is 23.4 Å². The number of aromatic amines is 1. The molecule has 3 nitrogen and oxygen atoms in total. The third-order valence-electron chi connectivity index (χ3n) is 5.71. The van der Waals surface area contributed by atoms with Crippen LogP contribution in [0.15, 0.2) is 59.2 Å². The Morgan fingerprint density at radius 2 is 1.91 bits per heavy atom. The van der Waals surface area contributed by atoms with E-state index < -0.39 is 6.61 Å². The number of imidazole rings is 1. The van der Waals surface area contributed by atoms with Crippen LogP contribution in [0.3, 0.4) is 0 Å². The Morgan fingerprint density at radius 3 is 2.66 bits per heavy atom. The number of thioether (sulfide) groups is 1. The van der Waals surface area contributed by atoms with E-state index in [1.807, 2.05) is 23.9 Å². The lowest BCUT2D eigenvalue weighted by Crippen LogP contribution is -2.04. The van der Waals surface area contributed by atoms with Crippen LogP contribution < -0.4 is 0 Å². The van der Waals surface area contributed by atoms with E-state index in [1.165, 1.54) is 29.1 Å². The van der Waals surface area contributed by atoms with Gasteiger partial charge in [0.2, 0.25) is 0 Å². The van der Waals surface area contributed by atoms with E-state index in [9.17, 15) is 8.78 Å². The van der Waals surface area contributed by atoms with Crippen molar-refractivity contribution in [2.45, 2.75) is 43.6 Å². The summed E-state index contributed by atoms with van der Waals surface area (Å²) >= 11 is 8.45. The second kappa shape index (κ2) is 9.28. The summed E-state index contributed by atoms with van der Waals surface area (Å²) in [6, 6.07) is 12.3. The first kappa shape index (κ1) is 21.5. The van der Waals surface area contributed by atoms with Gasteiger partial charge in [-0.25, -0.2) is 4.98 Å². The van der Waals surface area contributed by atoms with Gasteiger partial charge in [0, 0.05) is 28.2 Å². The molecule has 3 aromatic rings. The van der Waals surface area contributed by atoms with Crippen LogP contribution in [0, 0.1) is 5.92 Å². The molecule has 1 fully saturated rings. The highest BCUT2D eigenvalue weighted by atomic mass is 35.5. The summed E-state index contributed by atoms with van der Waals surface area (Å²) in [5.41, 5.74) is 3.99. The smallest absolute Gasteiger partial charge is 0.387 e. The molecule has 7 heteroatoms. The zero-order valence-electron chi connectivity index (χ0n) is 17.4. The summed E-state index contributed by atoms with van der Waals surface area (Å²) in [6.07, 6.45) is 8.41. The van der Waals surface area contributed by atoms with Crippen molar-refractivity contribution in [3.8, 4) is 0 Å². The van der Waals surface area contributed by atoms with Gasteiger partial charge < -0.3 is 9.72 Å². The standard InChI is InChI=1S/C25H23ClF2N2OS/c26-20-13-22-21(12-19(20)18-3-1-2-4-23(18)31-25(27)28)29-24(30-22)11-15-7-9-17(10-8-15)32-14-16-5-6-16/h3-4,7-10,12-13,16,25H,1-2,5-6,11,14H2,(H,29,30). The summed E-state index contributed by atoms with van der Waals surface area (Å²) in [4.78, 5) is 9.36. The quantitative estimate of drug-likeness (QED) is 0.343. The van der Waals surface area contributed by atoms with Crippen molar-refractivity contribution >= 4 is 40.0 Å². The largest absolute Gasteiger partial charge is 0.435 e. The number of rotatable bonds is 8. The molecule has 0 radical (unpaired) electrons. The molecule has 0 aliphatic heterocycles. The molecule has 0 amide bonds. The number of ether oxygens (including phenoxy) is 1. The van der Waals surface area contributed by atoms with Gasteiger partial charge in [-0.05, 0) is 67.5 Å². The number of H-pyrrole nitrogens is 1. The van der Waals surface area contributed by atoms with E-state index in [-0.39, 0.29) is 5.76 Å². The number of allylic oxidation sites excluding steroid dienone is 3. The molecule has 0 unspecified atom stereocenters. The maximum atomic E-state index is 12.8. The Balaban J connectivity index is 1.35. The highest BCUT2D eigenvalue weighted by molar-refractivity contribution is 7.99. The van der Waals surface area contributed by atoms with Crippen LogP contribution in [0.2, 0.25) is 5.02 Å². The Labute approximate surface area is 194 Å². The molecule has 0 spiro atoms. The van der Waals surface area contributed by atoms with E-state index in [2.05, 4.69) is 29.2 Å². The van der Waals surface area contributed by atoms with E-state index in [4.69, 9.17) is 21.3 Å². The predicted molar refractivity (Wildman–Crippen MR) is 126 cm³/mol. The Kier molecular flexibility index (Phi) is 6.24. The fraction of sp³-hybridized carbons (Fsp3) is 0.320. The Bertz CT molecular complexity index is 1180. The summed E-state index contributed by atoms with van der Waals surface area (Å²) in [5, 5.41) is 0.474. The number of aromatic nitrogens is 2. The van der Waals surface area contributed by atoms with Gasteiger partial charge in [-0.15, -0.1) is 11.8 Å².